The molecule has 4 aromatic rings. The average Bonchev–Trinajstić information content (AvgIpc) is 3.19. The molecule has 2 aromatic heterocycles. The number of rotatable bonds is 7. The Hall–Kier alpha value is -2.83. The van der Waals surface area contributed by atoms with Crippen molar-refractivity contribution in [3.63, 3.8) is 0 Å². The highest BCUT2D eigenvalue weighted by Crippen LogP contribution is 2.24. The molecule has 4 rings (SSSR count). The maximum atomic E-state index is 13.5. The smallest absolute Gasteiger partial charge is 0.325 e. The van der Waals surface area contributed by atoms with E-state index < -0.39 is 11.2 Å². The molecule has 0 bridgehead atoms. The van der Waals surface area contributed by atoms with Crippen molar-refractivity contribution in [1.29, 1.82) is 0 Å². The van der Waals surface area contributed by atoms with Crippen molar-refractivity contribution in [2.75, 3.05) is 0 Å². The molecular weight excluding hydrogens is 447 g/mol. The summed E-state index contributed by atoms with van der Waals surface area (Å²) in [6.45, 7) is 5.17. The molecular formula is C24H24Cl2N4O2. The minimum atomic E-state index is -0.448. The van der Waals surface area contributed by atoms with Gasteiger partial charge in [0.1, 0.15) is 0 Å². The molecule has 0 unspecified atom stereocenters. The number of halogens is 2. The number of benzene rings is 2. The molecule has 8 heteroatoms. The quantitative estimate of drug-likeness (QED) is 0.389. The molecule has 0 fully saturated rings. The summed E-state index contributed by atoms with van der Waals surface area (Å²) in [5.41, 5.74) is 1.42. The van der Waals surface area contributed by atoms with E-state index in [1.165, 1.54) is 4.57 Å². The van der Waals surface area contributed by atoms with Crippen LogP contribution in [0.5, 0.6) is 0 Å². The van der Waals surface area contributed by atoms with Crippen LogP contribution in [0.25, 0.3) is 11.2 Å². The van der Waals surface area contributed by atoms with Crippen molar-refractivity contribution < 1.29 is 0 Å². The molecule has 2 aromatic carbocycles. The second-order valence-electron chi connectivity index (χ2n) is 8.24. The zero-order valence-electron chi connectivity index (χ0n) is 18.0. The Bertz CT molecular complexity index is 1350. The number of aromatic nitrogens is 4. The van der Waals surface area contributed by atoms with E-state index in [-0.39, 0.29) is 6.54 Å². The second-order valence-corrected chi connectivity index (χ2v) is 9.05. The Morgan fingerprint density at radius 1 is 0.906 bits per heavy atom. The molecule has 6 nitrogen and oxygen atoms in total. The van der Waals surface area contributed by atoms with E-state index in [0.717, 1.165) is 12.0 Å². The summed E-state index contributed by atoms with van der Waals surface area (Å²) >= 11 is 12.7. The SMILES string of the molecule is CC(C)CCn1cnc2c1c(=O)n(Cc1c(Cl)cccc1Cl)c(=O)n2Cc1ccccc1. The normalized spacial score (nSPS) is 11.5. The maximum absolute atomic E-state index is 13.5. The van der Waals surface area contributed by atoms with Crippen molar-refractivity contribution >= 4 is 34.4 Å². The lowest BCUT2D eigenvalue weighted by atomic mass is 10.1. The average molecular weight is 471 g/mol. The van der Waals surface area contributed by atoms with Gasteiger partial charge in [-0.2, -0.15) is 0 Å². The fourth-order valence-corrected chi connectivity index (χ4v) is 4.21. The van der Waals surface area contributed by atoms with Crippen LogP contribution in [0.4, 0.5) is 0 Å². The highest BCUT2D eigenvalue weighted by Gasteiger charge is 2.20. The number of fused-ring (bicyclic) bond motifs is 1. The third-order valence-corrected chi connectivity index (χ3v) is 6.20. The highest BCUT2D eigenvalue weighted by molar-refractivity contribution is 6.35. The number of nitrogens with zero attached hydrogens (tertiary/aromatic N) is 4. The topological polar surface area (TPSA) is 61.8 Å². The van der Waals surface area contributed by atoms with E-state index in [1.54, 1.807) is 29.1 Å². The van der Waals surface area contributed by atoms with Gasteiger partial charge in [-0.05, 0) is 30.0 Å². The van der Waals surface area contributed by atoms with Gasteiger partial charge in [0, 0.05) is 22.2 Å². The van der Waals surface area contributed by atoms with Gasteiger partial charge in [-0.1, -0.05) is 73.4 Å². The predicted molar refractivity (Wildman–Crippen MR) is 129 cm³/mol. The summed E-state index contributed by atoms with van der Waals surface area (Å²) < 4.78 is 4.58. The molecule has 0 N–H and O–H groups in total. The molecule has 0 aliphatic carbocycles. The van der Waals surface area contributed by atoms with Crippen LogP contribution in [-0.4, -0.2) is 18.7 Å². The fourth-order valence-electron chi connectivity index (χ4n) is 3.69. The molecule has 0 spiro atoms. The Balaban J connectivity index is 1.93. The van der Waals surface area contributed by atoms with Gasteiger partial charge in [0.05, 0.1) is 19.4 Å². The van der Waals surface area contributed by atoms with Crippen molar-refractivity contribution in [3.8, 4) is 0 Å². The lowest BCUT2D eigenvalue weighted by molar-refractivity contribution is 0.520. The zero-order chi connectivity index (χ0) is 22.8. The van der Waals surface area contributed by atoms with Gasteiger partial charge in [-0.3, -0.25) is 13.9 Å². The Kier molecular flexibility index (Phi) is 6.53. The first kappa shape index (κ1) is 22.4. The van der Waals surface area contributed by atoms with Gasteiger partial charge < -0.3 is 4.57 Å². The van der Waals surface area contributed by atoms with E-state index in [2.05, 4.69) is 18.8 Å². The minimum Gasteiger partial charge on any atom is -0.325 e. The number of imidazole rings is 1. The molecule has 0 aliphatic rings. The van der Waals surface area contributed by atoms with Crippen molar-refractivity contribution in [2.45, 2.75) is 39.9 Å². The molecule has 0 radical (unpaired) electrons. The first-order chi connectivity index (χ1) is 15.4. The van der Waals surface area contributed by atoms with Gasteiger partial charge in [-0.15, -0.1) is 0 Å². The number of hydrogen-bond acceptors (Lipinski definition) is 3. The van der Waals surface area contributed by atoms with Crippen LogP contribution in [-0.2, 0) is 19.6 Å². The summed E-state index contributed by atoms with van der Waals surface area (Å²) in [4.78, 5) is 31.5. The summed E-state index contributed by atoms with van der Waals surface area (Å²) in [6.07, 6.45) is 2.53. The van der Waals surface area contributed by atoms with Crippen LogP contribution in [0, 0.1) is 5.92 Å². The monoisotopic (exact) mass is 470 g/mol. The second kappa shape index (κ2) is 9.35. The van der Waals surface area contributed by atoms with Crippen LogP contribution in [0.3, 0.4) is 0 Å². The molecule has 0 saturated heterocycles. The van der Waals surface area contributed by atoms with Crippen molar-refractivity contribution in [1.82, 2.24) is 18.7 Å². The fraction of sp³-hybridized carbons (Fsp3) is 0.292. The van der Waals surface area contributed by atoms with Gasteiger partial charge in [0.2, 0.25) is 0 Å². The van der Waals surface area contributed by atoms with Crippen LogP contribution < -0.4 is 11.2 Å². The lowest BCUT2D eigenvalue weighted by Gasteiger charge is -2.14. The molecule has 0 amide bonds. The molecule has 0 saturated carbocycles. The molecule has 32 heavy (non-hydrogen) atoms. The summed E-state index contributed by atoms with van der Waals surface area (Å²) in [5.74, 6) is 0.465. The first-order valence-electron chi connectivity index (χ1n) is 10.5. The van der Waals surface area contributed by atoms with E-state index in [0.29, 0.717) is 45.8 Å². The Labute approximate surface area is 195 Å². The van der Waals surface area contributed by atoms with E-state index >= 15 is 0 Å². The van der Waals surface area contributed by atoms with Crippen LogP contribution in [0.15, 0.2) is 64.4 Å². The lowest BCUT2D eigenvalue weighted by Crippen LogP contribution is -2.41. The highest BCUT2D eigenvalue weighted by atomic mass is 35.5. The van der Waals surface area contributed by atoms with Gasteiger partial charge in [-0.25, -0.2) is 9.78 Å². The van der Waals surface area contributed by atoms with Gasteiger partial charge in [0.25, 0.3) is 5.56 Å². The first-order valence-corrected chi connectivity index (χ1v) is 11.3. The van der Waals surface area contributed by atoms with Crippen molar-refractivity contribution in [3.05, 3.63) is 96.9 Å². The molecule has 0 atom stereocenters. The van der Waals surface area contributed by atoms with E-state index in [9.17, 15) is 9.59 Å². The van der Waals surface area contributed by atoms with Crippen LogP contribution in [0.2, 0.25) is 10.0 Å². The van der Waals surface area contributed by atoms with Gasteiger partial charge >= 0.3 is 5.69 Å². The zero-order valence-corrected chi connectivity index (χ0v) is 19.5. The maximum Gasteiger partial charge on any atom is 0.333 e. The van der Waals surface area contributed by atoms with Gasteiger partial charge in [0.15, 0.2) is 11.2 Å². The summed E-state index contributed by atoms with van der Waals surface area (Å²) in [7, 11) is 0. The minimum absolute atomic E-state index is 0.0176. The third kappa shape index (κ3) is 4.38. The molecule has 2 heterocycles. The third-order valence-electron chi connectivity index (χ3n) is 5.49. The molecule has 0 aliphatic heterocycles. The Morgan fingerprint density at radius 2 is 1.59 bits per heavy atom. The van der Waals surface area contributed by atoms with Crippen LogP contribution >= 0.6 is 23.2 Å². The molecule has 166 valence electrons. The van der Waals surface area contributed by atoms with E-state index in [4.69, 9.17) is 23.2 Å². The summed E-state index contributed by atoms with van der Waals surface area (Å²) in [5, 5.41) is 0.818. The van der Waals surface area contributed by atoms with Crippen LogP contribution in [0.1, 0.15) is 31.4 Å². The Morgan fingerprint density at radius 3 is 2.25 bits per heavy atom. The largest absolute Gasteiger partial charge is 0.333 e. The summed E-state index contributed by atoms with van der Waals surface area (Å²) in [6, 6.07) is 14.8. The number of aryl methyl sites for hydroxylation is 1. The van der Waals surface area contributed by atoms with Crippen molar-refractivity contribution in [2.24, 2.45) is 5.92 Å². The number of hydrogen-bond donors (Lipinski definition) is 0. The van der Waals surface area contributed by atoms with E-state index in [1.807, 2.05) is 34.9 Å². The standard InChI is InChI=1S/C24H24Cl2N4O2/c1-16(2)11-12-28-15-27-22-21(28)23(31)30(14-18-19(25)9-6-10-20(18)26)24(32)29(22)13-17-7-4-3-5-8-17/h3-10,15-16H,11-14H2,1-2H3. The predicted octanol–water partition coefficient (Wildman–Crippen LogP) is 4.81.